The molecule has 1 fully saturated rings. The highest BCUT2D eigenvalue weighted by Gasteiger charge is 2.23. The van der Waals surface area contributed by atoms with Gasteiger partial charge < -0.3 is 15.2 Å². The first-order valence-corrected chi connectivity index (χ1v) is 6.06. The van der Waals surface area contributed by atoms with Crippen molar-refractivity contribution in [1.29, 1.82) is 0 Å². The van der Waals surface area contributed by atoms with E-state index in [0.717, 1.165) is 25.5 Å². The lowest BCUT2D eigenvalue weighted by Gasteiger charge is -2.13. The maximum absolute atomic E-state index is 5.97. The highest BCUT2D eigenvalue weighted by molar-refractivity contribution is 5.29. The maximum Gasteiger partial charge on any atom is 0.266 e. The summed E-state index contributed by atoms with van der Waals surface area (Å²) < 4.78 is 5.28. The molecule has 2 heterocycles. The summed E-state index contributed by atoms with van der Waals surface area (Å²) in [6.45, 7) is 6.18. The van der Waals surface area contributed by atoms with E-state index in [1.54, 1.807) is 0 Å². The largest absolute Gasteiger partial charge is 0.338 e. The van der Waals surface area contributed by atoms with E-state index in [1.165, 1.54) is 12.8 Å². The van der Waals surface area contributed by atoms with Crippen molar-refractivity contribution < 1.29 is 4.52 Å². The Balaban J connectivity index is 2.06. The van der Waals surface area contributed by atoms with Crippen LogP contribution in [0.2, 0.25) is 0 Å². The van der Waals surface area contributed by atoms with E-state index in [-0.39, 0.29) is 12.0 Å². The molecular weight excluding hydrogens is 204 g/mol. The van der Waals surface area contributed by atoms with Crippen molar-refractivity contribution >= 4 is 5.95 Å². The Morgan fingerprint density at radius 3 is 2.75 bits per heavy atom. The standard InChI is InChI=1S/C11H20N4O/c1-3-9(12)8(2)10-13-11(14-16-10)15-6-4-5-7-15/h8-9H,3-7,12H2,1-2H3. The van der Waals surface area contributed by atoms with E-state index >= 15 is 0 Å². The molecule has 0 radical (unpaired) electrons. The molecule has 5 nitrogen and oxygen atoms in total. The van der Waals surface area contributed by atoms with Crippen molar-refractivity contribution in [3.63, 3.8) is 0 Å². The second-order valence-electron chi connectivity index (χ2n) is 4.49. The predicted octanol–water partition coefficient (Wildman–Crippen LogP) is 1.51. The monoisotopic (exact) mass is 224 g/mol. The number of rotatable bonds is 4. The highest BCUT2D eigenvalue weighted by atomic mass is 16.5. The molecule has 5 heteroatoms. The summed E-state index contributed by atoms with van der Waals surface area (Å²) >= 11 is 0. The number of hydrogen-bond donors (Lipinski definition) is 1. The molecule has 1 aliphatic heterocycles. The van der Waals surface area contributed by atoms with E-state index in [1.807, 2.05) is 6.92 Å². The summed E-state index contributed by atoms with van der Waals surface area (Å²) in [6.07, 6.45) is 3.35. The summed E-state index contributed by atoms with van der Waals surface area (Å²) in [5, 5.41) is 4.02. The fourth-order valence-corrected chi connectivity index (χ4v) is 1.99. The quantitative estimate of drug-likeness (QED) is 0.839. The third kappa shape index (κ3) is 2.19. The zero-order valence-corrected chi connectivity index (χ0v) is 10.0. The normalized spacial score (nSPS) is 20.1. The molecule has 2 N–H and O–H groups in total. The fourth-order valence-electron chi connectivity index (χ4n) is 1.99. The Bertz CT molecular complexity index is 332. The Hall–Kier alpha value is -1.10. The summed E-state index contributed by atoms with van der Waals surface area (Å²) in [6, 6.07) is 0.0897. The average molecular weight is 224 g/mol. The van der Waals surface area contributed by atoms with Gasteiger partial charge in [-0.1, -0.05) is 13.8 Å². The zero-order valence-electron chi connectivity index (χ0n) is 10.0. The lowest BCUT2D eigenvalue weighted by molar-refractivity contribution is 0.339. The first kappa shape index (κ1) is 11.4. The number of anilines is 1. The van der Waals surface area contributed by atoms with Crippen LogP contribution in [0.15, 0.2) is 4.52 Å². The lowest BCUT2D eigenvalue weighted by atomic mass is 10.0. The average Bonchev–Trinajstić information content (AvgIpc) is 2.96. The molecule has 1 aromatic heterocycles. The topological polar surface area (TPSA) is 68.2 Å². The van der Waals surface area contributed by atoms with Gasteiger partial charge in [0.1, 0.15) is 0 Å². The van der Waals surface area contributed by atoms with Crippen molar-refractivity contribution in [3.8, 4) is 0 Å². The van der Waals surface area contributed by atoms with Gasteiger partial charge in [0.25, 0.3) is 5.95 Å². The second kappa shape index (κ2) is 4.82. The van der Waals surface area contributed by atoms with Crippen LogP contribution in [0.25, 0.3) is 0 Å². The minimum Gasteiger partial charge on any atom is -0.338 e. The molecule has 0 aromatic carbocycles. The fraction of sp³-hybridized carbons (Fsp3) is 0.818. The van der Waals surface area contributed by atoms with Gasteiger partial charge in [-0.25, -0.2) is 0 Å². The van der Waals surface area contributed by atoms with Crippen LogP contribution >= 0.6 is 0 Å². The Labute approximate surface area is 96.0 Å². The van der Waals surface area contributed by atoms with Crippen molar-refractivity contribution in [2.75, 3.05) is 18.0 Å². The van der Waals surface area contributed by atoms with Gasteiger partial charge in [0.2, 0.25) is 5.89 Å². The third-order valence-electron chi connectivity index (χ3n) is 3.32. The van der Waals surface area contributed by atoms with Crippen LogP contribution in [0, 0.1) is 0 Å². The van der Waals surface area contributed by atoms with Gasteiger partial charge in [-0.05, 0) is 24.4 Å². The number of aromatic nitrogens is 2. The van der Waals surface area contributed by atoms with Gasteiger partial charge in [0.15, 0.2) is 0 Å². The minimum atomic E-state index is 0.0897. The summed E-state index contributed by atoms with van der Waals surface area (Å²) in [5.41, 5.74) is 5.97. The van der Waals surface area contributed by atoms with Crippen LogP contribution in [0.1, 0.15) is 44.9 Å². The molecule has 90 valence electrons. The van der Waals surface area contributed by atoms with Gasteiger partial charge in [0, 0.05) is 19.1 Å². The molecule has 1 aromatic rings. The molecule has 0 spiro atoms. The molecule has 0 saturated carbocycles. The number of nitrogens with two attached hydrogens (primary N) is 1. The number of hydrogen-bond acceptors (Lipinski definition) is 5. The smallest absolute Gasteiger partial charge is 0.266 e. The summed E-state index contributed by atoms with van der Waals surface area (Å²) in [7, 11) is 0. The zero-order chi connectivity index (χ0) is 11.5. The van der Waals surface area contributed by atoms with Crippen LogP contribution < -0.4 is 10.6 Å². The lowest BCUT2D eigenvalue weighted by Crippen LogP contribution is -2.26. The van der Waals surface area contributed by atoms with Crippen LogP contribution in [-0.2, 0) is 0 Å². The molecule has 2 rings (SSSR count). The van der Waals surface area contributed by atoms with E-state index in [2.05, 4.69) is 22.0 Å². The van der Waals surface area contributed by atoms with Gasteiger partial charge in [-0.3, -0.25) is 0 Å². The molecule has 0 aliphatic carbocycles. The molecule has 0 amide bonds. The molecule has 16 heavy (non-hydrogen) atoms. The van der Waals surface area contributed by atoms with E-state index < -0.39 is 0 Å². The number of nitrogens with zero attached hydrogens (tertiary/aromatic N) is 3. The Morgan fingerprint density at radius 1 is 1.44 bits per heavy atom. The van der Waals surface area contributed by atoms with Crippen molar-refractivity contribution in [2.45, 2.75) is 45.1 Å². The van der Waals surface area contributed by atoms with Gasteiger partial charge >= 0.3 is 0 Å². The first-order valence-electron chi connectivity index (χ1n) is 6.06. The van der Waals surface area contributed by atoms with Gasteiger partial charge in [-0.15, -0.1) is 0 Å². The molecule has 0 bridgehead atoms. The first-order chi connectivity index (χ1) is 7.72. The van der Waals surface area contributed by atoms with E-state index in [4.69, 9.17) is 10.3 Å². The van der Waals surface area contributed by atoms with Crippen LogP contribution in [0.3, 0.4) is 0 Å². The minimum absolute atomic E-state index is 0.0897. The summed E-state index contributed by atoms with van der Waals surface area (Å²) in [4.78, 5) is 6.59. The van der Waals surface area contributed by atoms with Crippen LogP contribution in [-0.4, -0.2) is 29.3 Å². The van der Waals surface area contributed by atoms with Gasteiger partial charge in [0.05, 0.1) is 5.92 Å². The molecule has 2 atom stereocenters. The molecule has 1 saturated heterocycles. The Kier molecular flexibility index (Phi) is 3.43. The van der Waals surface area contributed by atoms with Crippen LogP contribution in [0.4, 0.5) is 5.95 Å². The Morgan fingerprint density at radius 2 is 2.12 bits per heavy atom. The second-order valence-corrected chi connectivity index (χ2v) is 4.49. The van der Waals surface area contributed by atoms with Crippen molar-refractivity contribution in [3.05, 3.63) is 5.89 Å². The predicted molar refractivity (Wildman–Crippen MR) is 62.4 cm³/mol. The highest BCUT2D eigenvalue weighted by Crippen LogP contribution is 2.22. The molecular formula is C11H20N4O. The summed E-state index contributed by atoms with van der Waals surface area (Å²) in [5.74, 6) is 1.52. The SMILES string of the molecule is CCC(N)C(C)c1nc(N2CCCC2)no1. The van der Waals surface area contributed by atoms with Crippen molar-refractivity contribution in [1.82, 2.24) is 10.1 Å². The third-order valence-corrected chi connectivity index (χ3v) is 3.32. The maximum atomic E-state index is 5.97. The van der Waals surface area contributed by atoms with Gasteiger partial charge in [-0.2, -0.15) is 4.98 Å². The molecule has 1 aliphatic rings. The molecule has 2 unspecified atom stereocenters. The van der Waals surface area contributed by atoms with E-state index in [0.29, 0.717) is 5.89 Å². The van der Waals surface area contributed by atoms with Crippen molar-refractivity contribution in [2.24, 2.45) is 5.73 Å². The van der Waals surface area contributed by atoms with E-state index in [9.17, 15) is 0 Å². The van der Waals surface area contributed by atoms with Crippen LogP contribution in [0.5, 0.6) is 0 Å².